The van der Waals surface area contributed by atoms with E-state index in [1.54, 1.807) is 0 Å². The van der Waals surface area contributed by atoms with Crippen LogP contribution < -0.4 is 5.32 Å². The molecule has 1 unspecified atom stereocenters. The summed E-state index contributed by atoms with van der Waals surface area (Å²) in [5.74, 6) is 0. The summed E-state index contributed by atoms with van der Waals surface area (Å²) in [6, 6.07) is 7.04. The average molecular weight is 245 g/mol. The number of hydrogen-bond acceptors (Lipinski definition) is 1. The van der Waals surface area contributed by atoms with Crippen LogP contribution in [0.3, 0.4) is 0 Å². The van der Waals surface area contributed by atoms with Crippen molar-refractivity contribution >= 4 is 0 Å². The molecule has 1 saturated heterocycles. The first-order valence-corrected chi connectivity index (χ1v) is 7.51. The van der Waals surface area contributed by atoms with Gasteiger partial charge >= 0.3 is 0 Å². The lowest BCUT2D eigenvalue weighted by molar-refractivity contribution is 0.297. The summed E-state index contributed by atoms with van der Waals surface area (Å²) in [4.78, 5) is 0. The molecule has 0 aromatic heterocycles. The van der Waals surface area contributed by atoms with Gasteiger partial charge in [-0.15, -0.1) is 0 Å². The van der Waals surface area contributed by atoms with Gasteiger partial charge in [0.2, 0.25) is 0 Å². The minimum absolute atomic E-state index is 0.240. The van der Waals surface area contributed by atoms with Gasteiger partial charge in [0.15, 0.2) is 0 Å². The van der Waals surface area contributed by atoms with E-state index in [0.29, 0.717) is 0 Å². The van der Waals surface area contributed by atoms with Gasteiger partial charge in [0, 0.05) is 5.54 Å². The van der Waals surface area contributed by atoms with Crippen molar-refractivity contribution < 1.29 is 0 Å². The highest BCUT2D eigenvalue weighted by atomic mass is 15.0. The Balaban J connectivity index is 2.35. The molecule has 1 aromatic rings. The number of aryl methyl sites for hydroxylation is 2. The molecule has 0 radical (unpaired) electrons. The highest BCUT2D eigenvalue weighted by molar-refractivity contribution is 5.34. The zero-order valence-corrected chi connectivity index (χ0v) is 12.2. The predicted octanol–water partition coefficient (Wildman–Crippen LogP) is 4.46. The Morgan fingerprint density at radius 3 is 2.67 bits per heavy atom. The molecule has 1 heteroatoms. The number of hydrogen-bond donors (Lipinski definition) is 1. The van der Waals surface area contributed by atoms with Gasteiger partial charge in [-0.1, -0.05) is 44.4 Å². The SMILES string of the molecule is CCCC1(c2ccc(C)c(C)c2)CCCCCN1. The molecule has 2 rings (SSSR count). The summed E-state index contributed by atoms with van der Waals surface area (Å²) < 4.78 is 0. The van der Waals surface area contributed by atoms with Crippen molar-refractivity contribution in [2.75, 3.05) is 6.54 Å². The van der Waals surface area contributed by atoms with E-state index >= 15 is 0 Å². The fourth-order valence-corrected chi connectivity index (χ4v) is 3.21. The van der Waals surface area contributed by atoms with E-state index < -0.39 is 0 Å². The van der Waals surface area contributed by atoms with Crippen molar-refractivity contribution in [1.29, 1.82) is 0 Å². The zero-order chi connectivity index (χ0) is 13.0. The van der Waals surface area contributed by atoms with E-state index in [9.17, 15) is 0 Å². The minimum Gasteiger partial charge on any atom is -0.307 e. The van der Waals surface area contributed by atoms with E-state index in [1.165, 1.54) is 61.8 Å². The number of nitrogens with one attached hydrogen (secondary N) is 1. The number of benzene rings is 1. The van der Waals surface area contributed by atoms with Crippen molar-refractivity contribution in [3.8, 4) is 0 Å². The molecule has 0 saturated carbocycles. The maximum absolute atomic E-state index is 3.86. The Kier molecular flexibility index (Phi) is 4.45. The van der Waals surface area contributed by atoms with Crippen LogP contribution in [0.4, 0.5) is 0 Å². The second kappa shape index (κ2) is 5.88. The highest BCUT2D eigenvalue weighted by Crippen LogP contribution is 2.35. The van der Waals surface area contributed by atoms with Crippen LogP contribution in [0, 0.1) is 13.8 Å². The first-order chi connectivity index (χ1) is 8.68. The van der Waals surface area contributed by atoms with Gasteiger partial charge in [-0.3, -0.25) is 0 Å². The van der Waals surface area contributed by atoms with Crippen molar-refractivity contribution in [1.82, 2.24) is 5.32 Å². The van der Waals surface area contributed by atoms with Gasteiger partial charge in [0.05, 0.1) is 0 Å². The molecule has 100 valence electrons. The summed E-state index contributed by atoms with van der Waals surface area (Å²) in [5, 5.41) is 3.86. The minimum atomic E-state index is 0.240. The lowest BCUT2D eigenvalue weighted by Crippen LogP contribution is -2.41. The van der Waals surface area contributed by atoms with Gasteiger partial charge in [0.1, 0.15) is 0 Å². The van der Waals surface area contributed by atoms with Crippen LogP contribution in [0.5, 0.6) is 0 Å². The normalized spacial score (nSPS) is 24.8. The van der Waals surface area contributed by atoms with Crippen LogP contribution >= 0.6 is 0 Å². The molecule has 1 fully saturated rings. The lowest BCUT2D eigenvalue weighted by atomic mass is 9.81. The topological polar surface area (TPSA) is 12.0 Å². The summed E-state index contributed by atoms with van der Waals surface area (Å²) in [7, 11) is 0. The molecule has 0 spiro atoms. The van der Waals surface area contributed by atoms with Crippen LogP contribution in [0.25, 0.3) is 0 Å². The molecule has 1 heterocycles. The second-order valence-corrected chi connectivity index (χ2v) is 5.87. The van der Waals surface area contributed by atoms with E-state index in [1.807, 2.05) is 0 Å². The standard InChI is InChI=1S/C17H27N/c1-4-10-17(11-6-5-7-12-18-17)16-9-8-14(2)15(3)13-16/h8-9,13,18H,4-7,10-12H2,1-3H3. The van der Waals surface area contributed by atoms with Gasteiger partial charge in [-0.05, 0) is 56.3 Å². The predicted molar refractivity (Wildman–Crippen MR) is 79.0 cm³/mol. The van der Waals surface area contributed by atoms with Crippen molar-refractivity contribution in [3.63, 3.8) is 0 Å². The van der Waals surface area contributed by atoms with Crippen molar-refractivity contribution in [2.24, 2.45) is 0 Å². The van der Waals surface area contributed by atoms with Crippen LogP contribution in [0.1, 0.15) is 62.1 Å². The smallest absolute Gasteiger partial charge is 0.0434 e. The maximum atomic E-state index is 3.86. The summed E-state index contributed by atoms with van der Waals surface area (Å²) >= 11 is 0. The molecule has 18 heavy (non-hydrogen) atoms. The molecule has 0 amide bonds. The monoisotopic (exact) mass is 245 g/mol. The van der Waals surface area contributed by atoms with Gasteiger partial charge in [-0.2, -0.15) is 0 Å². The third-order valence-corrected chi connectivity index (χ3v) is 4.48. The molecular formula is C17H27N. The van der Waals surface area contributed by atoms with Gasteiger partial charge in [0.25, 0.3) is 0 Å². The maximum Gasteiger partial charge on any atom is 0.0434 e. The van der Waals surface area contributed by atoms with Crippen LogP contribution in [-0.4, -0.2) is 6.54 Å². The lowest BCUT2D eigenvalue weighted by Gasteiger charge is -2.35. The van der Waals surface area contributed by atoms with E-state index in [-0.39, 0.29) is 5.54 Å². The first kappa shape index (κ1) is 13.6. The van der Waals surface area contributed by atoms with Crippen LogP contribution in [0.2, 0.25) is 0 Å². The Bertz CT molecular complexity index is 387. The zero-order valence-electron chi connectivity index (χ0n) is 12.2. The summed E-state index contributed by atoms with van der Waals surface area (Å²) in [6.07, 6.45) is 7.87. The molecular weight excluding hydrogens is 218 g/mol. The molecule has 1 nitrogen and oxygen atoms in total. The molecule has 1 aliphatic heterocycles. The summed E-state index contributed by atoms with van der Waals surface area (Å²) in [5.41, 5.74) is 4.58. The summed E-state index contributed by atoms with van der Waals surface area (Å²) in [6.45, 7) is 7.91. The Hall–Kier alpha value is -0.820. The Morgan fingerprint density at radius 1 is 1.11 bits per heavy atom. The largest absolute Gasteiger partial charge is 0.307 e. The van der Waals surface area contributed by atoms with E-state index in [0.717, 1.165) is 0 Å². The van der Waals surface area contributed by atoms with Crippen LogP contribution in [0.15, 0.2) is 18.2 Å². The molecule has 1 aliphatic rings. The number of rotatable bonds is 3. The molecule has 0 bridgehead atoms. The fourth-order valence-electron chi connectivity index (χ4n) is 3.21. The van der Waals surface area contributed by atoms with Crippen molar-refractivity contribution in [2.45, 2.75) is 64.8 Å². The molecule has 1 aromatic carbocycles. The fraction of sp³-hybridized carbons (Fsp3) is 0.647. The highest BCUT2D eigenvalue weighted by Gasteiger charge is 2.31. The molecule has 1 atom stereocenters. The first-order valence-electron chi connectivity index (χ1n) is 7.51. The third kappa shape index (κ3) is 2.77. The van der Waals surface area contributed by atoms with Crippen molar-refractivity contribution in [3.05, 3.63) is 34.9 Å². The van der Waals surface area contributed by atoms with Crippen LogP contribution in [-0.2, 0) is 5.54 Å². The molecule has 0 aliphatic carbocycles. The molecule has 1 N–H and O–H groups in total. The quantitative estimate of drug-likeness (QED) is 0.829. The second-order valence-electron chi connectivity index (χ2n) is 5.87. The Labute approximate surface area is 112 Å². The Morgan fingerprint density at radius 2 is 1.94 bits per heavy atom. The average Bonchev–Trinajstić information content (AvgIpc) is 2.60. The van der Waals surface area contributed by atoms with E-state index in [4.69, 9.17) is 0 Å². The van der Waals surface area contributed by atoms with Gasteiger partial charge in [-0.25, -0.2) is 0 Å². The van der Waals surface area contributed by atoms with E-state index in [2.05, 4.69) is 44.3 Å². The van der Waals surface area contributed by atoms with Gasteiger partial charge < -0.3 is 5.32 Å². The third-order valence-electron chi connectivity index (χ3n) is 4.48.